The Hall–Kier alpha value is -1.23. The molecule has 10 heteroatoms. The molecular weight excluding hydrogens is 304 g/mol. The smallest absolute Gasteiger partial charge is 0.244 e. The van der Waals surface area contributed by atoms with Gasteiger partial charge in [-0.05, 0) is 18.9 Å². The van der Waals surface area contributed by atoms with E-state index < -0.39 is 25.9 Å². The molecule has 1 aromatic heterocycles. The molecule has 1 aliphatic heterocycles. The average Bonchev–Trinajstić information content (AvgIpc) is 2.41. The number of anilines is 1. The van der Waals surface area contributed by atoms with Crippen LogP contribution in [-0.2, 0) is 19.9 Å². The lowest BCUT2D eigenvalue weighted by Gasteiger charge is -2.23. The molecule has 1 saturated heterocycles. The first-order valence-corrected chi connectivity index (χ1v) is 9.28. The van der Waals surface area contributed by atoms with Crippen molar-refractivity contribution in [3.8, 4) is 0 Å². The Bertz CT molecular complexity index is 673. The van der Waals surface area contributed by atoms with Crippen molar-refractivity contribution in [1.29, 1.82) is 0 Å². The maximum absolute atomic E-state index is 12.2. The first-order valence-electron chi connectivity index (χ1n) is 5.97. The number of hydrogen-bond donors (Lipinski definition) is 3. The van der Waals surface area contributed by atoms with Crippen LogP contribution in [0.1, 0.15) is 12.8 Å². The molecule has 1 aliphatic rings. The third-order valence-electron chi connectivity index (χ3n) is 3.11. The monoisotopic (exact) mass is 320 g/mol. The van der Waals surface area contributed by atoms with Crippen LogP contribution in [0, 0.1) is 0 Å². The number of rotatable bonds is 4. The quantitative estimate of drug-likeness (QED) is 0.490. The average molecular weight is 320 g/mol. The number of sulfone groups is 1. The summed E-state index contributed by atoms with van der Waals surface area (Å²) in [7, 11) is -6.82. The molecule has 0 amide bonds. The number of nitrogens with zero attached hydrogens (tertiary/aromatic N) is 1. The summed E-state index contributed by atoms with van der Waals surface area (Å²) >= 11 is 0. The molecule has 4 N–H and O–H groups in total. The second-order valence-corrected chi connectivity index (χ2v) is 8.55. The first kappa shape index (κ1) is 15.2. The van der Waals surface area contributed by atoms with Crippen LogP contribution < -0.4 is 16.0 Å². The van der Waals surface area contributed by atoms with Gasteiger partial charge in [0.25, 0.3) is 0 Å². The second-order valence-electron chi connectivity index (χ2n) is 4.56. The zero-order valence-corrected chi connectivity index (χ0v) is 12.2. The van der Waals surface area contributed by atoms with Crippen molar-refractivity contribution in [1.82, 2.24) is 9.71 Å². The van der Waals surface area contributed by atoms with Crippen LogP contribution in [0.4, 0.5) is 5.69 Å². The molecule has 8 nitrogen and oxygen atoms in total. The van der Waals surface area contributed by atoms with E-state index in [9.17, 15) is 16.8 Å². The minimum absolute atomic E-state index is 0.00474. The highest BCUT2D eigenvalue weighted by molar-refractivity contribution is 7.91. The summed E-state index contributed by atoms with van der Waals surface area (Å²) in [5.74, 6) is 5.26. The van der Waals surface area contributed by atoms with Crippen molar-refractivity contribution in [2.45, 2.75) is 23.8 Å². The van der Waals surface area contributed by atoms with Crippen LogP contribution in [-0.4, -0.2) is 39.4 Å². The molecule has 2 rings (SSSR count). The maximum atomic E-state index is 12.2. The zero-order chi connectivity index (χ0) is 14.8. The molecule has 0 saturated carbocycles. The van der Waals surface area contributed by atoms with Crippen LogP contribution in [0.5, 0.6) is 0 Å². The van der Waals surface area contributed by atoms with Gasteiger partial charge < -0.3 is 5.43 Å². The topological polar surface area (TPSA) is 131 Å². The van der Waals surface area contributed by atoms with Gasteiger partial charge in [-0.3, -0.25) is 10.8 Å². The Morgan fingerprint density at radius 2 is 1.95 bits per heavy atom. The van der Waals surface area contributed by atoms with Gasteiger partial charge in [-0.25, -0.2) is 21.6 Å². The molecule has 0 atom stereocenters. The predicted molar refractivity (Wildman–Crippen MR) is 74.0 cm³/mol. The highest BCUT2D eigenvalue weighted by atomic mass is 32.2. The first-order chi connectivity index (χ1) is 9.34. The van der Waals surface area contributed by atoms with Gasteiger partial charge in [0.15, 0.2) is 0 Å². The number of nitrogen functional groups attached to an aromatic ring is 1. The summed E-state index contributed by atoms with van der Waals surface area (Å²) in [5, 5.41) is 0. The highest BCUT2D eigenvalue weighted by Gasteiger charge is 2.28. The van der Waals surface area contributed by atoms with Crippen LogP contribution in [0.2, 0.25) is 0 Å². The summed E-state index contributed by atoms with van der Waals surface area (Å²) in [6.45, 7) is 0. The van der Waals surface area contributed by atoms with Gasteiger partial charge in [0, 0.05) is 18.4 Å². The lowest BCUT2D eigenvalue weighted by Crippen LogP contribution is -2.41. The zero-order valence-electron chi connectivity index (χ0n) is 10.6. The summed E-state index contributed by atoms with van der Waals surface area (Å²) in [6.07, 6.45) is 3.15. The minimum atomic E-state index is -3.79. The molecule has 1 aromatic rings. The predicted octanol–water partition coefficient (Wildman–Crippen LogP) is -0.777. The molecule has 2 heterocycles. The molecule has 1 fully saturated rings. The molecule has 0 spiro atoms. The van der Waals surface area contributed by atoms with Crippen molar-refractivity contribution in [3.05, 3.63) is 18.5 Å². The Kier molecular flexibility index (Phi) is 4.28. The largest absolute Gasteiger partial charge is 0.323 e. The van der Waals surface area contributed by atoms with Crippen LogP contribution in [0.3, 0.4) is 0 Å². The van der Waals surface area contributed by atoms with Gasteiger partial charge in [-0.1, -0.05) is 0 Å². The lowest BCUT2D eigenvalue weighted by atomic mass is 10.2. The molecule has 20 heavy (non-hydrogen) atoms. The fourth-order valence-electron chi connectivity index (χ4n) is 2.00. The number of aromatic nitrogens is 1. The van der Waals surface area contributed by atoms with Crippen molar-refractivity contribution < 1.29 is 16.8 Å². The number of hydrazine groups is 1. The van der Waals surface area contributed by atoms with Gasteiger partial charge in [0.05, 0.1) is 17.2 Å². The molecule has 0 radical (unpaired) electrons. The third kappa shape index (κ3) is 3.45. The van der Waals surface area contributed by atoms with E-state index in [0.717, 1.165) is 0 Å². The van der Waals surface area contributed by atoms with Gasteiger partial charge in [0.2, 0.25) is 10.0 Å². The van der Waals surface area contributed by atoms with Crippen molar-refractivity contribution in [2.24, 2.45) is 5.84 Å². The SMILES string of the molecule is NNc1ccncc1S(=O)(=O)NC1CCS(=O)(=O)CC1. The summed E-state index contributed by atoms with van der Waals surface area (Å²) in [6, 6.07) is 1.05. The van der Waals surface area contributed by atoms with Crippen molar-refractivity contribution in [2.75, 3.05) is 16.9 Å². The van der Waals surface area contributed by atoms with E-state index in [4.69, 9.17) is 5.84 Å². The Morgan fingerprint density at radius 3 is 2.55 bits per heavy atom. The molecule has 0 aromatic carbocycles. The second kappa shape index (κ2) is 5.64. The lowest BCUT2D eigenvalue weighted by molar-refractivity contribution is 0.505. The number of pyridine rings is 1. The van der Waals surface area contributed by atoms with E-state index in [2.05, 4.69) is 15.1 Å². The Morgan fingerprint density at radius 1 is 1.30 bits per heavy atom. The number of nitrogens with one attached hydrogen (secondary N) is 2. The molecular formula is C10H16N4O4S2. The van der Waals surface area contributed by atoms with Crippen molar-refractivity contribution in [3.63, 3.8) is 0 Å². The van der Waals surface area contributed by atoms with E-state index in [-0.39, 0.29) is 34.9 Å². The fourth-order valence-corrected chi connectivity index (χ4v) is 4.91. The van der Waals surface area contributed by atoms with E-state index in [1.165, 1.54) is 18.5 Å². The molecule has 112 valence electrons. The molecule has 0 unspecified atom stereocenters. The summed E-state index contributed by atoms with van der Waals surface area (Å²) in [5.41, 5.74) is 2.53. The minimum Gasteiger partial charge on any atom is -0.323 e. The number of hydrogen-bond acceptors (Lipinski definition) is 7. The fraction of sp³-hybridized carbons (Fsp3) is 0.500. The maximum Gasteiger partial charge on any atom is 0.244 e. The number of nitrogens with two attached hydrogens (primary N) is 1. The van der Waals surface area contributed by atoms with E-state index in [1.807, 2.05) is 0 Å². The Labute approximate surface area is 117 Å². The van der Waals surface area contributed by atoms with Gasteiger partial charge in [-0.2, -0.15) is 0 Å². The van der Waals surface area contributed by atoms with Crippen molar-refractivity contribution >= 4 is 25.5 Å². The standard InChI is InChI=1S/C10H16N4O4S2/c11-13-9-1-4-12-7-10(9)20(17,18)14-8-2-5-19(15,16)6-3-8/h1,4,7-8,14H,2-3,5-6,11H2,(H,12,13). The molecule has 0 aliphatic carbocycles. The van der Waals surface area contributed by atoms with E-state index in [0.29, 0.717) is 0 Å². The van der Waals surface area contributed by atoms with Crippen LogP contribution in [0.25, 0.3) is 0 Å². The normalized spacial score (nSPS) is 19.6. The molecule has 0 bridgehead atoms. The third-order valence-corrected chi connectivity index (χ3v) is 6.37. The van der Waals surface area contributed by atoms with Gasteiger partial charge in [0.1, 0.15) is 14.7 Å². The van der Waals surface area contributed by atoms with Gasteiger partial charge >= 0.3 is 0 Å². The highest BCUT2D eigenvalue weighted by Crippen LogP contribution is 2.20. The van der Waals surface area contributed by atoms with Crippen LogP contribution in [0.15, 0.2) is 23.4 Å². The Balaban J connectivity index is 2.16. The summed E-state index contributed by atoms with van der Waals surface area (Å²) < 4.78 is 49.6. The summed E-state index contributed by atoms with van der Waals surface area (Å²) in [4.78, 5) is 3.71. The van der Waals surface area contributed by atoms with E-state index >= 15 is 0 Å². The van der Waals surface area contributed by atoms with E-state index in [1.54, 1.807) is 0 Å². The number of sulfonamides is 1. The van der Waals surface area contributed by atoms with Crippen LogP contribution >= 0.6 is 0 Å². The van der Waals surface area contributed by atoms with Gasteiger partial charge in [-0.15, -0.1) is 0 Å².